The average Bonchev–Trinajstić information content (AvgIpc) is 2.37. The molecule has 0 aromatic carbocycles. The van der Waals surface area contributed by atoms with Crippen LogP contribution in [0.5, 0.6) is 5.88 Å². The minimum absolute atomic E-state index is 0.632. The molecule has 4 heteroatoms. The number of rotatable bonds is 4. The third kappa shape index (κ3) is 2.80. The number of aromatic amines is 1. The van der Waals surface area contributed by atoms with E-state index in [1.807, 2.05) is 6.92 Å². The molecule has 0 aliphatic rings. The van der Waals surface area contributed by atoms with Crippen molar-refractivity contribution in [2.45, 2.75) is 13.3 Å². The van der Waals surface area contributed by atoms with Crippen LogP contribution in [0.3, 0.4) is 0 Å². The predicted molar refractivity (Wildman–Crippen MR) is 44.2 cm³/mol. The van der Waals surface area contributed by atoms with Crippen LogP contribution in [0, 0.1) is 6.92 Å². The Kier molecular flexibility index (Phi) is 3.23. The van der Waals surface area contributed by atoms with Crippen LogP contribution >= 0.6 is 11.6 Å². The second-order valence-corrected chi connectivity index (χ2v) is 2.60. The molecule has 1 N–H and O–H groups in total. The molecular weight excluding hydrogens is 164 g/mol. The SMILES string of the molecule is Cc1ncc(OCCCCl)[nH]1. The Morgan fingerprint density at radius 3 is 3.09 bits per heavy atom. The Balaban J connectivity index is 2.27. The molecule has 1 rings (SSSR count). The highest BCUT2D eigenvalue weighted by Gasteiger charge is 1.95. The Labute approximate surface area is 70.7 Å². The van der Waals surface area contributed by atoms with Crippen molar-refractivity contribution >= 4 is 11.6 Å². The van der Waals surface area contributed by atoms with Crippen molar-refractivity contribution in [3.8, 4) is 5.88 Å². The van der Waals surface area contributed by atoms with Gasteiger partial charge in [-0.3, -0.25) is 0 Å². The van der Waals surface area contributed by atoms with Crippen molar-refractivity contribution in [3.63, 3.8) is 0 Å². The van der Waals surface area contributed by atoms with Crippen molar-refractivity contribution in [1.82, 2.24) is 9.97 Å². The minimum Gasteiger partial charge on any atom is -0.478 e. The second-order valence-electron chi connectivity index (χ2n) is 2.22. The van der Waals surface area contributed by atoms with E-state index in [0.717, 1.165) is 12.2 Å². The number of hydrogen-bond donors (Lipinski definition) is 1. The van der Waals surface area contributed by atoms with Gasteiger partial charge in [-0.15, -0.1) is 11.6 Å². The molecule has 1 aromatic heterocycles. The molecule has 11 heavy (non-hydrogen) atoms. The van der Waals surface area contributed by atoms with Crippen LogP contribution in [-0.2, 0) is 0 Å². The predicted octanol–water partition coefficient (Wildman–Crippen LogP) is 1.73. The van der Waals surface area contributed by atoms with E-state index in [2.05, 4.69) is 9.97 Å². The lowest BCUT2D eigenvalue weighted by molar-refractivity contribution is 0.307. The maximum absolute atomic E-state index is 5.47. The minimum atomic E-state index is 0.632. The third-order valence-electron chi connectivity index (χ3n) is 1.22. The molecule has 1 heterocycles. The van der Waals surface area contributed by atoms with Crippen LogP contribution in [-0.4, -0.2) is 22.5 Å². The monoisotopic (exact) mass is 174 g/mol. The van der Waals surface area contributed by atoms with Crippen molar-refractivity contribution in [2.75, 3.05) is 12.5 Å². The largest absolute Gasteiger partial charge is 0.478 e. The van der Waals surface area contributed by atoms with Crippen molar-refractivity contribution in [1.29, 1.82) is 0 Å². The van der Waals surface area contributed by atoms with E-state index >= 15 is 0 Å². The number of aromatic nitrogens is 2. The summed E-state index contributed by atoms with van der Waals surface area (Å²) in [7, 11) is 0. The van der Waals surface area contributed by atoms with Crippen LogP contribution in [0.1, 0.15) is 12.2 Å². The maximum Gasteiger partial charge on any atom is 0.211 e. The fourth-order valence-electron chi connectivity index (χ4n) is 0.708. The van der Waals surface area contributed by atoms with E-state index in [1.165, 1.54) is 0 Å². The van der Waals surface area contributed by atoms with Crippen molar-refractivity contribution < 1.29 is 4.74 Å². The second kappa shape index (κ2) is 4.23. The number of aryl methyl sites for hydroxylation is 1. The molecule has 0 spiro atoms. The zero-order chi connectivity index (χ0) is 8.10. The van der Waals surface area contributed by atoms with Gasteiger partial charge >= 0.3 is 0 Å². The molecule has 0 bridgehead atoms. The molecule has 0 saturated heterocycles. The van der Waals surface area contributed by atoms with E-state index in [1.54, 1.807) is 6.20 Å². The highest BCUT2D eigenvalue weighted by atomic mass is 35.5. The zero-order valence-corrected chi connectivity index (χ0v) is 7.19. The molecule has 3 nitrogen and oxygen atoms in total. The van der Waals surface area contributed by atoms with Crippen LogP contribution < -0.4 is 4.74 Å². The summed E-state index contributed by atoms with van der Waals surface area (Å²) in [6, 6.07) is 0. The summed E-state index contributed by atoms with van der Waals surface area (Å²) in [6.07, 6.45) is 2.53. The van der Waals surface area contributed by atoms with Crippen LogP contribution in [0.25, 0.3) is 0 Å². The van der Waals surface area contributed by atoms with Gasteiger partial charge in [0, 0.05) is 5.88 Å². The molecular formula is C7H11ClN2O. The number of H-pyrrole nitrogens is 1. The normalized spacial score (nSPS) is 10.0. The van der Waals surface area contributed by atoms with Crippen LogP contribution in [0.15, 0.2) is 6.20 Å². The highest BCUT2D eigenvalue weighted by molar-refractivity contribution is 6.17. The number of ether oxygens (including phenoxy) is 1. The van der Waals surface area contributed by atoms with Crippen LogP contribution in [0.4, 0.5) is 0 Å². The van der Waals surface area contributed by atoms with Gasteiger partial charge in [-0.05, 0) is 13.3 Å². The number of imidazole rings is 1. The first-order valence-corrected chi connectivity index (χ1v) is 4.07. The van der Waals surface area contributed by atoms with E-state index in [4.69, 9.17) is 16.3 Å². The van der Waals surface area contributed by atoms with Crippen LogP contribution in [0.2, 0.25) is 0 Å². The summed E-state index contributed by atoms with van der Waals surface area (Å²) < 4.78 is 5.26. The lowest BCUT2D eigenvalue weighted by atomic mass is 10.5. The van der Waals surface area contributed by atoms with Gasteiger partial charge in [0.15, 0.2) is 0 Å². The van der Waals surface area contributed by atoms with E-state index in [0.29, 0.717) is 18.4 Å². The van der Waals surface area contributed by atoms with E-state index in [9.17, 15) is 0 Å². The van der Waals surface area contributed by atoms with Gasteiger partial charge in [-0.2, -0.15) is 0 Å². The van der Waals surface area contributed by atoms with Crippen molar-refractivity contribution in [3.05, 3.63) is 12.0 Å². The molecule has 62 valence electrons. The first-order chi connectivity index (χ1) is 5.33. The lowest BCUT2D eigenvalue weighted by Gasteiger charge is -1.99. The highest BCUT2D eigenvalue weighted by Crippen LogP contribution is 2.05. The molecule has 0 atom stereocenters. The maximum atomic E-state index is 5.47. The fourth-order valence-corrected chi connectivity index (χ4v) is 0.817. The summed E-state index contributed by atoms with van der Waals surface area (Å²) in [6.45, 7) is 2.53. The number of alkyl halides is 1. The first kappa shape index (κ1) is 8.40. The number of hydrogen-bond acceptors (Lipinski definition) is 2. The lowest BCUT2D eigenvalue weighted by Crippen LogP contribution is -1.97. The fraction of sp³-hybridized carbons (Fsp3) is 0.571. The molecule has 0 unspecified atom stereocenters. The molecule has 0 radical (unpaired) electrons. The Hall–Kier alpha value is -0.700. The number of nitrogens with one attached hydrogen (secondary N) is 1. The van der Waals surface area contributed by atoms with Crippen molar-refractivity contribution in [2.24, 2.45) is 0 Å². The number of nitrogens with zero attached hydrogens (tertiary/aromatic N) is 1. The Morgan fingerprint density at radius 2 is 2.55 bits per heavy atom. The van der Waals surface area contributed by atoms with E-state index < -0.39 is 0 Å². The molecule has 0 aliphatic heterocycles. The van der Waals surface area contributed by atoms with Gasteiger partial charge in [0.25, 0.3) is 0 Å². The standard InChI is InChI=1S/C7H11ClN2O/c1-6-9-5-7(10-6)11-4-2-3-8/h5H,2-4H2,1H3,(H,9,10). The topological polar surface area (TPSA) is 37.9 Å². The molecule has 0 saturated carbocycles. The summed E-state index contributed by atoms with van der Waals surface area (Å²) in [5, 5.41) is 0. The summed E-state index contributed by atoms with van der Waals surface area (Å²) >= 11 is 5.47. The number of halogens is 1. The van der Waals surface area contributed by atoms with Gasteiger partial charge in [0.1, 0.15) is 5.82 Å². The van der Waals surface area contributed by atoms with Gasteiger partial charge < -0.3 is 9.72 Å². The molecule has 0 aliphatic carbocycles. The molecule has 0 amide bonds. The molecule has 1 aromatic rings. The quantitative estimate of drug-likeness (QED) is 0.558. The zero-order valence-electron chi connectivity index (χ0n) is 6.43. The smallest absolute Gasteiger partial charge is 0.211 e. The van der Waals surface area contributed by atoms with Gasteiger partial charge in [0.2, 0.25) is 5.88 Å². The third-order valence-corrected chi connectivity index (χ3v) is 1.48. The molecule has 0 fully saturated rings. The summed E-state index contributed by atoms with van der Waals surface area (Å²) in [5.74, 6) is 2.21. The Bertz CT molecular complexity index is 212. The van der Waals surface area contributed by atoms with Gasteiger partial charge in [0.05, 0.1) is 12.8 Å². The summed E-state index contributed by atoms with van der Waals surface area (Å²) in [4.78, 5) is 6.94. The van der Waals surface area contributed by atoms with Gasteiger partial charge in [-0.1, -0.05) is 0 Å². The average molecular weight is 175 g/mol. The summed E-state index contributed by atoms with van der Waals surface area (Å²) in [5.41, 5.74) is 0. The Morgan fingerprint density at radius 1 is 1.73 bits per heavy atom. The van der Waals surface area contributed by atoms with E-state index in [-0.39, 0.29) is 0 Å². The first-order valence-electron chi connectivity index (χ1n) is 3.53. The van der Waals surface area contributed by atoms with Gasteiger partial charge in [-0.25, -0.2) is 4.98 Å².